The van der Waals surface area contributed by atoms with Crippen molar-refractivity contribution in [3.63, 3.8) is 0 Å². The third kappa shape index (κ3) is 4.89. The zero-order chi connectivity index (χ0) is 20.8. The number of allylic oxidation sites excluding steroid dienone is 1. The van der Waals surface area contributed by atoms with Crippen LogP contribution in [-0.4, -0.2) is 36.8 Å². The molecule has 0 spiro atoms. The van der Waals surface area contributed by atoms with Gasteiger partial charge in [0.05, 0.1) is 35.7 Å². The summed E-state index contributed by atoms with van der Waals surface area (Å²) >= 11 is 1.66. The molecular formula is C21H21NO6S. The summed E-state index contributed by atoms with van der Waals surface area (Å²) in [7, 11) is 1.37. The number of hydrogen-bond acceptors (Lipinski definition) is 7. The first-order valence-electron chi connectivity index (χ1n) is 9.14. The molecule has 0 saturated carbocycles. The summed E-state index contributed by atoms with van der Waals surface area (Å²) in [6.07, 6.45) is 3.73. The number of ketones is 1. The molecule has 1 aliphatic heterocycles. The molecule has 0 bridgehead atoms. The molecule has 0 aliphatic carbocycles. The van der Waals surface area contributed by atoms with Gasteiger partial charge in [0.2, 0.25) is 0 Å². The number of ether oxygens (including phenoxy) is 3. The Morgan fingerprint density at radius 1 is 1.31 bits per heavy atom. The lowest BCUT2D eigenvalue weighted by Crippen LogP contribution is -2.10. The van der Waals surface area contributed by atoms with Crippen molar-refractivity contribution in [3.05, 3.63) is 57.6 Å². The van der Waals surface area contributed by atoms with Gasteiger partial charge in [-0.15, -0.1) is 11.8 Å². The minimum atomic E-state index is -0.521. The van der Waals surface area contributed by atoms with Gasteiger partial charge in [-0.3, -0.25) is 14.9 Å². The van der Waals surface area contributed by atoms with Crippen LogP contribution < -0.4 is 14.2 Å². The lowest BCUT2D eigenvalue weighted by Gasteiger charge is -2.19. The number of rotatable bonds is 8. The summed E-state index contributed by atoms with van der Waals surface area (Å²) in [4.78, 5) is 24.4. The van der Waals surface area contributed by atoms with Crippen LogP contribution in [-0.2, 0) is 0 Å². The Hall–Kier alpha value is -3.00. The van der Waals surface area contributed by atoms with Crippen LogP contribution in [0.15, 0.2) is 41.3 Å². The third-order valence-corrected chi connectivity index (χ3v) is 5.20. The molecule has 1 aliphatic rings. The highest BCUT2D eigenvalue weighted by molar-refractivity contribution is 7.99. The zero-order valence-corrected chi connectivity index (χ0v) is 17.0. The first-order chi connectivity index (χ1) is 14.0. The Bertz CT molecular complexity index is 956. The van der Waals surface area contributed by atoms with Crippen LogP contribution in [0.5, 0.6) is 17.2 Å². The van der Waals surface area contributed by atoms with Crippen molar-refractivity contribution in [1.29, 1.82) is 0 Å². The highest BCUT2D eigenvalue weighted by Gasteiger charge is 2.19. The van der Waals surface area contributed by atoms with Crippen molar-refractivity contribution in [2.45, 2.75) is 18.2 Å². The second kappa shape index (κ2) is 9.47. The van der Waals surface area contributed by atoms with Gasteiger partial charge in [-0.1, -0.05) is 19.1 Å². The maximum Gasteiger partial charge on any atom is 0.311 e. The predicted molar refractivity (Wildman–Crippen MR) is 111 cm³/mol. The van der Waals surface area contributed by atoms with Gasteiger partial charge in [0.15, 0.2) is 11.5 Å². The summed E-state index contributed by atoms with van der Waals surface area (Å²) in [5.74, 6) is 1.93. The van der Waals surface area contributed by atoms with E-state index in [9.17, 15) is 14.9 Å². The topological polar surface area (TPSA) is 87.9 Å². The largest absolute Gasteiger partial charge is 0.493 e. The second-order valence-corrected chi connectivity index (χ2v) is 7.36. The van der Waals surface area contributed by atoms with E-state index in [1.165, 1.54) is 31.4 Å². The first-order valence-corrected chi connectivity index (χ1v) is 10.1. The van der Waals surface area contributed by atoms with Gasteiger partial charge in [0, 0.05) is 11.8 Å². The molecule has 2 aromatic rings. The van der Waals surface area contributed by atoms with Gasteiger partial charge in [0.1, 0.15) is 11.5 Å². The van der Waals surface area contributed by atoms with Crippen molar-refractivity contribution >= 4 is 29.3 Å². The summed E-state index contributed by atoms with van der Waals surface area (Å²) in [6.45, 7) is 3.08. The Morgan fingerprint density at radius 3 is 2.86 bits per heavy atom. The van der Waals surface area contributed by atoms with Crippen LogP contribution in [0.2, 0.25) is 0 Å². The van der Waals surface area contributed by atoms with E-state index in [1.54, 1.807) is 23.9 Å². The van der Waals surface area contributed by atoms with Crippen molar-refractivity contribution < 1.29 is 23.9 Å². The zero-order valence-electron chi connectivity index (χ0n) is 16.2. The van der Waals surface area contributed by atoms with Gasteiger partial charge in [0.25, 0.3) is 0 Å². The monoisotopic (exact) mass is 415 g/mol. The molecule has 0 aromatic heterocycles. The van der Waals surface area contributed by atoms with Crippen LogP contribution in [0.25, 0.3) is 6.08 Å². The van der Waals surface area contributed by atoms with Gasteiger partial charge in [-0.25, -0.2) is 0 Å². The van der Waals surface area contributed by atoms with Crippen molar-refractivity contribution in [3.8, 4) is 17.2 Å². The van der Waals surface area contributed by atoms with Gasteiger partial charge < -0.3 is 14.2 Å². The summed E-state index contributed by atoms with van der Waals surface area (Å²) in [5, 5.41) is 11.2. The van der Waals surface area contributed by atoms with E-state index >= 15 is 0 Å². The number of fused-ring (bicyclic) bond motifs is 1. The fraction of sp³-hybridized carbons (Fsp3) is 0.286. The number of carbonyl (C=O) groups excluding carboxylic acids is 1. The van der Waals surface area contributed by atoms with Gasteiger partial charge >= 0.3 is 5.69 Å². The lowest BCUT2D eigenvalue weighted by molar-refractivity contribution is -0.385. The molecule has 2 aromatic carbocycles. The molecule has 3 rings (SSSR count). The summed E-state index contributed by atoms with van der Waals surface area (Å²) in [6, 6.07) is 8.06. The Kier molecular flexibility index (Phi) is 6.77. The molecule has 0 saturated heterocycles. The molecule has 0 amide bonds. The molecule has 29 heavy (non-hydrogen) atoms. The number of nitro groups is 1. The highest BCUT2D eigenvalue weighted by atomic mass is 32.2. The van der Waals surface area contributed by atoms with Crippen LogP contribution >= 0.6 is 11.8 Å². The second-order valence-electron chi connectivity index (χ2n) is 6.23. The SMILES string of the molecule is CCCOc1cc2c(cc1C(=O)/C=C/c1ccc(OC)c([N+](=O)[O-])c1)OCCS2. The molecule has 0 atom stereocenters. The molecule has 8 heteroatoms. The summed E-state index contributed by atoms with van der Waals surface area (Å²) in [5.41, 5.74) is 0.763. The van der Waals surface area contributed by atoms with Crippen LogP contribution in [0.1, 0.15) is 29.3 Å². The van der Waals surface area contributed by atoms with E-state index in [1.807, 2.05) is 13.0 Å². The number of thioether (sulfide) groups is 1. The van der Waals surface area contributed by atoms with E-state index in [2.05, 4.69) is 0 Å². The van der Waals surface area contributed by atoms with Gasteiger partial charge in [-0.2, -0.15) is 0 Å². The van der Waals surface area contributed by atoms with Crippen molar-refractivity contribution in [2.24, 2.45) is 0 Å². The minimum Gasteiger partial charge on any atom is -0.493 e. The van der Waals surface area contributed by atoms with Crippen LogP contribution in [0, 0.1) is 10.1 Å². The molecule has 0 fully saturated rings. The van der Waals surface area contributed by atoms with E-state index in [4.69, 9.17) is 14.2 Å². The predicted octanol–water partition coefficient (Wildman–Crippen LogP) is 4.77. The molecule has 0 unspecified atom stereocenters. The number of methoxy groups -OCH3 is 1. The van der Waals surface area contributed by atoms with Crippen molar-refractivity contribution in [1.82, 2.24) is 0 Å². The third-order valence-electron chi connectivity index (χ3n) is 4.20. The fourth-order valence-corrected chi connectivity index (χ4v) is 3.65. The number of hydrogen-bond donors (Lipinski definition) is 0. The number of nitrogens with zero attached hydrogens (tertiary/aromatic N) is 1. The highest BCUT2D eigenvalue weighted by Crippen LogP contribution is 2.39. The smallest absolute Gasteiger partial charge is 0.311 e. The Balaban J connectivity index is 1.90. The van der Waals surface area contributed by atoms with Crippen LogP contribution in [0.3, 0.4) is 0 Å². The maximum absolute atomic E-state index is 12.8. The molecule has 0 radical (unpaired) electrons. The number of nitro benzene ring substituents is 1. The fourth-order valence-electron chi connectivity index (χ4n) is 2.81. The standard InChI is InChI=1S/C21H21NO6S/c1-3-8-27-19-13-21-20(28-9-10-29-21)12-15(19)17(23)6-4-14-5-7-18(26-2)16(11-14)22(24)25/h4-7,11-13H,3,8-10H2,1-2H3/b6-4+. The van der Waals surface area contributed by atoms with E-state index in [-0.39, 0.29) is 17.2 Å². The maximum atomic E-state index is 12.8. The molecule has 0 N–H and O–H groups in total. The lowest BCUT2D eigenvalue weighted by atomic mass is 10.1. The summed E-state index contributed by atoms with van der Waals surface area (Å²) < 4.78 is 16.4. The minimum absolute atomic E-state index is 0.159. The molecule has 1 heterocycles. The Labute approximate surface area is 172 Å². The quantitative estimate of drug-likeness (QED) is 0.265. The van der Waals surface area contributed by atoms with E-state index in [0.29, 0.717) is 35.8 Å². The number of carbonyl (C=O) groups is 1. The Morgan fingerprint density at radius 2 is 2.14 bits per heavy atom. The molecular weight excluding hydrogens is 394 g/mol. The average Bonchev–Trinajstić information content (AvgIpc) is 2.75. The van der Waals surface area contributed by atoms with Crippen molar-refractivity contribution in [2.75, 3.05) is 26.1 Å². The average molecular weight is 415 g/mol. The van der Waals surface area contributed by atoms with Crippen LogP contribution in [0.4, 0.5) is 5.69 Å². The first kappa shape index (κ1) is 20.7. The molecule has 152 valence electrons. The number of benzene rings is 2. The van der Waals surface area contributed by atoms with E-state index in [0.717, 1.165) is 17.1 Å². The molecule has 7 nitrogen and oxygen atoms in total. The van der Waals surface area contributed by atoms with E-state index < -0.39 is 4.92 Å². The van der Waals surface area contributed by atoms with Gasteiger partial charge in [-0.05, 0) is 36.3 Å². The normalized spacial score (nSPS) is 12.9.